The maximum Gasteiger partial charge on any atom is 0.133 e. The van der Waals surface area contributed by atoms with Gasteiger partial charge in [0.25, 0.3) is 0 Å². The van der Waals surface area contributed by atoms with Crippen molar-refractivity contribution in [1.82, 2.24) is 9.97 Å². The number of fused-ring (bicyclic) bond motifs is 3. The second-order valence-corrected chi connectivity index (χ2v) is 20.3. The Morgan fingerprint density at radius 1 is 0.875 bits per heavy atom. The largest absolute Gasteiger partial charge is 0.500 e. The molecule has 0 amide bonds. The van der Waals surface area contributed by atoms with Gasteiger partial charge in [-0.3, -0.25) is 0 Å². The smallest absolute Gasteiger partial charge is 0.133 e. The molecule has 3 aromatic carbocycles. The standard InChI is InChI=1S/C23H19FNO.C19H26NSi.Ir/c24-19-6-3-7-22-23(19)18-14-17(8-9-21(18)26-22)20-13-16(10-11-25-20)12-15-4-1-2-5-15;1-19(2,3)13-16-12-17(15-10-8-7-9-11-15)20-14-18(16)21(4,5)6;/h3,6-7,9-11,13-15H,1-2,4-5,12H2;7-10,12,14H,13H2,1-6H3;/q2*-1;. The maximum absolute atomic E-state index is 14.3. The van der Waals surface area contributed by atoms with Crippen molar-refractivity contribution in [2.24, 2.45) is 11.3 Å². The summed E-state index contributed by atoms with van der Waals surface area (Å²) >= 11 is 0. The third-order valence-electron chi connectivity index (χ3n) is 8.98. The van der Waals surface area contributed by atoms with Crippen LogP contribution in [0.5, 0.6) is 0 Å². The number of nitrogens with zero attached hydrogens (tertiary/aromatic N) is 2. The fourth-order valence-electron chi connectivity index (χ4n) is 6.76. The summed E-state index contributed by atoms with van der Waals surface area (Å²) < 4.78 is 20.0. The normalized spacial score (nSPS) is 13.7. The summed E-state index contributed by atoms with van der Waals surface area (Å²) in [6, 6.07) is 29.8. The Bertz CT molecular complexity index is 1990. The first-order valence-electron chi connectivity index (χ1n) is 16.9. The molecule has 1 fully saturated rings. The van der Waals surface area contributed by atoms with E-state index in [1.807, 2.05) is 30.5 Å². The van der Waals surface area contributed by atoms with Gasteiger partial charge in [-0.2, -0.15) is 0 Å². The Labute approximate surface area is 299 Å². The first-order valence-corrected chi connectivity index (χ1v) is 20.4. The van der Waals surface area contributed by atoms with E-state index in [0.29, 0.717) is 16.6 Å². The third-order valence-corrected chi connectivity index (χ3v) is 11.0. The fourth-order valence-corrected chi connectivity index (χ4v) is 8.34. The number of rotatable bonds is 6. The Hall–Kier alpha value is -3.44. The SMILES string of the molecule is CC(C)(C)Cc1cc(-c2[c-]cccc2)ncc1[Si](C)(C)C.Fc1cccc2oc3c[c-]c(-c4cc(CC5CCCC5)ccn4)cc3c12.[Ir]. The van der Waals surface area contributed by atoms with E-state index in [9.17, 15) is 4.39 Å². The molecule has 0 unspecified atom stereocenters. The molecule has 251 valence electrons. The van der Waals surface area contributed by atoms with Gasteiger partial charge < -0.3 is 14.4 Å². The summed E-state index contributed by atoms with van der Waals surface area (Å²) in [6.45, 7) is 14.1. The van der Waals surface area contributed by atoms with Crippen molar-refractivity contribution in [2.45, 2.75) is 78.9 Å². The van der Waals surface area contributed by atoms with Crippen molar-refractivity contribution < 1.29 is 28.9 Å². The second kappa shape index (κ2) is 15.0. The van der Waals surface area contributed by atoms with E-state index in [0.717, 1.165) is 46.7 Å². The Morgan fingerprint density at radius 3 is 2.35 bits per heavy atom. The molecule has 3 nitrogen and oxygen atoms in total. The minimum absolute atomic E-state index is 0. The maximum atomic E-state index is 14.3. The van der Waals surface area contributed by atoms with Crippen LogP contribution in [-0.2, 0) is 32.9 Å². The molecule has 0 aliphatic heterocycles. The Balaban J connectivity index is 0.000000189. The number of halogens is 1. The monoisotopic (exact) mass is 833 g/mol. The molecule has 3 aromatic heterocycles. The van der Waals surface area contributed by atoms with Crippen LogP contribution in [0.15, 0.2) is 89.6 Å². The van der Waals surface area contributed by atoms with Crippen LogP contribution in [0.25, 0.3) is 44.5 Å². The zero-order valence-corrected chi connectivity index (χ0v) is 32.3. The fraction of sp³-hybridized carbons (Fsp3) is 0.333. The average molecular weight is 833 g/mol. The number of aromatic nitrogens is 2. The molecule has 0 bridgehead atoms. The molecule has 1 saturated carbocycles. The van der Waals surface area contributed by atoms with Crippen molar-refractivity contribution >= 4 is 35.2 Å². The molecule has 6 heteroatoms. The molecule has 0 N–H and O–H groups in total. The Morgan fingerprint density at radius 2 is 1.65 bits per heavy atom. The molecule has 7 rings (SSSR count). The van der Waals surface area contributed by atoms with Crippen molar-refractivity contribution in [3.05, 3.63) is 114 Å². The Kier molecular flexibility index (Phi) is 11.2. The average Bonchev–Trinajstić information content (AvgIpc) is 3.68. The molecule has 0 atom stereocenters. The van der Waals surface area contributed by atoms with E-state index in [1.54, 1.807) is 18.2 Å². The summed E-state index contributed by atoms with van der Waals surface area (Å²) in [5, 5.41) is 2.78. The molecule has 6 aromatic rings. The van der Waals surface area contributed by atoms with Crippen LogP contribution in [0.1, 0.15) is 57.6 Å². The predicted octanol–water partition coefficient (Wildman–Crippen LogP) is 11.0. The van der Waals surface area contributed by atoms with Crippen LogP contribution >= 0.6 is 0 Å². The van der Waals surface area contributed by atoms with Gasteiger partial charge in [-0.1, -0.05) is 101 Å². The molecule has 1 aliphatic carbocycles. The van der Waals surface area contributed by atoms with Gasteiger partial charge in [0.1, 0.15) is 11.4 Å². The van der Waals surface area contributed by atoms with Gasteiger partial charge in [-0.05, 0) is 58.9 Å². The van der Waals surface area contributed by atoms with Crippen molar-refractivity contribution in [3.63, 3.8) is 0 Å². The van der Waals surface area contributed by atoms with Crippen molar-refractivity contribution in [1.29, 1.82) is 0 Å². The molecule has 3 heterocycles. The predicted molar refractivity (Wildman–Crippen MR) is 196 cm³/mol. The number of benzene rings is 3. The van der Waals surface area contributed by atoms with Crippen LogP contribution in [0, 0.1) is 29.3 Å². The number of pyridine rings is 2. The summed E-state index contributed by atoms with van der Waals surface area (Å²) in [5.41, 5.74) is 8.15. The summed E-state index contributed by atoms with van der Waals surface area (Å²) in [4.78, 5) is 9.23. The number of hydrogen-bond acceptors (Lipinski definition) is 3. The molecular weight excluding hydrogens is 788 g/mol. The van der Waals surface area contributed by atoms with Crippen molar-refractivity contribution in [2.75, 3.05) is 0 Å². The zero-order chi connectivity index (χ0) is 33.2. The van der Waals surface area contributed by atoms with Gasteiger partial charge in [0, 0.05) is 37.9 Å². The first-order chi connectivity index (χ1) is 22.4. The van der Waals surface area contributed by atoms with Crippen LogP contribution < -0.4 is 5.19 Å². The minimum atomic E-state index is -1.37. The topological polar surface area (TPSA) is 38.9 Å². The van der Waals surface area contributed by atoms with E-state index < -0.39 is 8.07 Å². The zero-order valence-electron chi connectivity index (χ0n) is 28.9. The van der Waals surface area contributed by atoms with Crippen LogP contribution in [-0.4, -0.2) is 18.0 Å². The van der Waals surface area contributed by atoms with Crippen LogP contribution in [0.2, 0.25) is 19.6 Å². The molecule has 1 aliphatic rings. The minimum Gasteiger partial charge on any atom is -0.500 e. The van der Waals surface area contributed by atoms with E-state index in [-0.39, 0.29) is 31.3 Å². The van der Waals surface area contributed by atoms with Gasteiger partial charge >= 0.3 is 0 Å². The van der Waals surface area contributed by atoms with Gasteiger partial charge in [0.15, 0.2) is 0 Å². The number of hydrogen-bond donors (Lipinski definition) is 0. The molecule has 0 spiro atoms. The summed E-state index contributed by atoms with van der Waals surface area (Å²) in [7, 11) is -1.37. The van der Waals surface area contributed by atoms with Gasteiger partial charge in [0.2, 0.25) is 0 Å². The molecule has 1 radical (unpaired) electrons. The van der Waals surface area contributed by atoms with E-state index in [4.69, 9.17) is 9.40 Å². The van der Waals surface area contributed by atoms with Crippen LogP contribution in [0.4, 0.5) is 4.39 Å². The second-order valence-electron chi connectivity index (χ2n) is 15.2. The van der Waals surface area contributed by atoms with Crippen molar-refractivity contribution in [3.8, 4) is 22.5 Å². The molecular formula is C42H45FIrN2OSi-2. The van der Waals surface area contributed by atoms with E-state index >= 15 is 0 Å². The first kappa shape index (κ1) is 35.9. The van der Waals surface area contributed by atoms with Gasteiger partial charge in [0.05, 0.1) is 13.7 Å². The quantitative estimate of drug-likeness (QED) is 0.124. The van der Waals surface area contributed by atoms with E-state index in [1.165, 1.54) is 48.1 Å². The van der Waals surface area contributed by atoms with Crippen LogP contribution in [0.3, 0.4) is 0 Å². The molecule has 48 heavy (non-hydrogen) atoms. The summed E-state index contributed by atoms with van der Waals surface area (Å²) in [5.74, 6) is 0.532. The summed E-state index contributed by atoms with van der Waals surface area (Å²) in [6.07, 6.45) is 11.6. The third kappa shape index (κ3) is 8.58. The van der Waals surface area contributed by atoms with Gasteiger partial charge in [-0.15, -0.1) is 59.7 Å². The molecule has 0 saturated heterocycles. The van der Waals surface area contributed by atoms with E-state index in [2.05, 4.69) is 88.0 Å². The van der Waals surface area contributed by atoms with Gasteiger partial charge in [-0.25, -0.2) is 4.39 Å². The number of furan rings is 1.